The van der Waals surface area contributed by atoms with Crippen molar-refractivity contribution in [2.45, 2.75) is 24.8 Å². The average molecular weight is 426 g/mol. The fraction of sp³-hybridized carbons (Fsp3) is 0.278. The molecule has 0 saturated carbocycles. The molecule has 1 heterocycles. The monoisotopic (exact) mass is 425 g/mol. The number of sulfonamides is 1. The van der Waals surface area contributed by atoms with Gasteiger partial charge in [-0.1, -0.05) is 29.3 Å². The molecule has 1 aromatic heterocycles. The van der Waals surface area contributed by atoms with Crippen LogP contribution in [0.5, 0.6) is 0 Å². The Kier molecular flexibility index (Phi) is 7.11. The van der Waals surface area contributed by atoms with Gasteiger partial charge in [0.25, 0.3) is 5.91 Å². The number of hydrogen-bond donors (Lipinski definition) is 1. The largest absolute Gasteiger partial charge is 0.452 e. The van der Waals surface area contributed by atoms with E-state index in [1.54, 1.807) is 24.3 Å². The number of carbonyl (C=O) groups is 2. The van der Waals surface area contributed by atoms with Gasteiger partial charge in [-0.25, -0.2) is 13.4 Å². The molecule has 8 nitrogen and oxygen atoms in total. The van der Waals surface area contributed by atoms with Crippen LogP contribution >= 0.6 is 11.6 Å². The standard InChI is InChI=1S/C18H20ClN3O5S/c1-12-6-8-14(9-7-12)28(25,26)22(3)11-16(23)27-13(2)18(24)21-15-5-4-10-20-17(15)19/h4-10,13H,11H2,1-3H3,(H,21,24)/t13-/m1/s1. The van der Waals surface area contributed by atoms with E-state index in [9.17, 15) is 18.0 Å². The van der Waals surface area contributed by atoms with Gasteiger partial charge < -0.3 is 10.1 Å². The number of rotatable bonds is 7. The summed E-state index contributed by atoms with van der Waals surface area (Å²) < 4.78 is 30.9. The highest BCUT2D eigenvalue weighted by Crippen LogP contribution is 2.18. The predicted molar refractivity (Wildman–Crippen MR) is 104 cm³/mol. The van der Waals surface area contributed by atoms with Gasteiger partial charge in [-0.05, 0) is 38.1 Å². The summed E-state index contributed by atoms with van der Waals surface area (Å²) in [5.41, 5.74) is 1.19. The Labute approximate surface area is 168 Å². The number of aromatic nitrogens is 1. The maximum Gasteiger partial charge on any atom is 0.322 e. The molecule has 0 spiro atoms. The van der Waals surface area contributed by atoms with E-state index < -0.39 is 34.5 Å². The number of carbonyl (C=O) groups excluding carboxylic acids is 2. The van der Waals surface area contributed by atoms with Crippen molar-refractivity contribution in [1.29, 1.82) is 0 Å². The number of ether oxygens (including phenoxy) is 1. The number of pyridine rings is 1. The van der Waals surface area contributed by atoms with Crippen LogP contribution in [-0.4, -0.2) is 49.3 Å². The van der Waals surface area contributed by atoms with Crippen LogP contribution in [0.15, 0.2) is 47.5 Å². The first-order chi connectivity index (χ1) is 13.1. The first-order valence-electron chi connectivity index (χ1n) is 8.25. The number of amides is 1. The smallest absolute Gasteiger partial charge is 0.322 e. The molecule has 0 fully saturated rings. The highest BCUT2D eigenvalue weighted by Gasteiger charge is 2.25. The average Bonchev–Trinajstić information content (AvgIpc) is 2.63. The van der Waals surface area contributed by atoms with Crippen molar-refractivity contribution in [3.63, 3.8) is 0 Å². The molecule has 0 bridgehead atoms. The molecule has 1 N–H and O–H groups in total. The van der Waals surface area contributed by atoms with Crippen molar-refractivity contribution in [3.05, 3.63) is 53.3 Å². The van der Waals surface area contributed by atoms with E-state index in [0.717, 1.165) is 9.87 Å². The van der Waals surface area contributed by atoms with Crippen LogP contribution in [0.25, 0.3) is 0 Å². The van der Waals surface area contributed by atoms with E-state index in [-0.39, 0.29) is 15.7 Å². The van der Waals surface area contributed by atoms with Crippen molar-refractivity contribution in [3.8, 4) is 0 Å². The number of anilines is 1. The fourth-order valence-corrected chi connectivity index (χ4v) is 3.44. The molecule has 1 aromatic carbocycles. The Morgan fingerprint density at radius 3 is 2.50 bits per heavy atom. The lowest BCUT2D eigenvalue weighted by Crippen LogP contribution is -2.37. The summed E-state index contributed by atoms with van der Waals surface area (Å²) in [7, 11) is -2.59. The van der Waals surface area contributed by atoms with Gasteiger partial charge in [-0.2, -0.15) is 4.31 Å². The van der Waals surface area contributed by atoms with E-state index in [1.165, 1.54) is 32.3 Å². The summed E-state index contributed by atoms with van der Waals surface area (Å²) in [5, 5.41) is 2.58. The zero-order chi connectivity index (χ0) is 20.9. The Morgan fingerprint density at radius 1 is 1.25 bits per heavy atom. The van der Waals surface area contributed by atoms with Gasteiger partial charge in [0, 0.05) is 13.2 Å². The van der Waals surface area contributed by atoms with Gasteiger partial charge in [0.2, 0.25) is 10.0 Å². The van der Waals surface area contributed by atoms with Crippen molar-refractivity contribution < 1.29 is 22.7 Å². The van der Waals surface area contributed by atoms with Crippen LogP contribution in [0, 0.1) is 6.92 Å². The summed E-state index contributed by atoms with van der Waals surface area (Å²) in [6, 6.07) is 9.37. The fourth-order valence-electron chi connectivity index (χ4n) is 2.16. The van der Waals surface area contributed by atoms with Crippen LogP contribution in [0.3, 0.4) is 0 Å². The molecule has 150 valence electrons. The number of benzene rings is 1. The molecule has 0 saturated heterocycles. The number of esters is 1. The predicted octanol–water partition coefficient (Wildman–Crippen LogP) is 2.23. The molecule has 28 heavy (non-hydrogen) atoms. The molecule has 0 aliphatic rings. The molecule has 1 amide bonds. The van der Waals surface area contributed by atoms with Crippen LogP contribution < -0.4 is 5.32 Å². The second kappa shape index (κ2) is 9.13. The maximum atomic E-state index is 12.5. The van der Waals surface area contributed by atoms with Crippen LogP contribution in [0.2, 0.25) is 5.15 Å². The zero-order valence-corrected chi connectivity index (χ0v) is 17.1. The molecule has 1 atom stereocenters. The summed E-state index contributed by atoms with van der Waals surface area (Å²) in [6.45, 7) is 2.66. The second-order valence-corrected chi connectivity index (χ2v) is 8.44. The second-order valence-electron chi connectivity index (χ2n) is 6.04. The number of hydrogen-bond acceptors (Lipinski definition) is 6. The minimum Gasteiger partial charge on any atom is -0.452 e. The van der Waals surface area contributed by atoms with Crippen molar-refractivity contribution >= 4 is 39.2 Å². The lowest BCUT2D eigenvalue weighted by molar-refractivity contribution is -0.153. The van der Waals surface area contributed by atoms with E-state index in [2.05, 4.69) is 10.3 Å². The quantitative estimate of drug-likeness (QED) is 0.538. The van der Waals surface area contributed by atoms with E-state index in [1.807, 2.05) is 6.92 Å². The lowest BCUT2D eigenvalue weighted by atomic mass is 10.2. The topological polar surface area (TPSA) is 106 Å². The molecule has 10 heteroatoms. The molecule has 2 rings (SSSR count). The molecule has 0 aliphatic heterocycles. The van der Waals surface area contributed by atoms with Gasteiger partial charge in [-0.3, -0.25) is 9.59 Å². The first kappa shape index (κ1) is 21.8. The van der Waals surface area contributed by atoms with Crippen molar-refractivity contribution in [2.75, 3.05) is 18.9 Å². The first-order valence-corrected chi connectivity index (χ1v) is 10.1. The van der Waals surface area contributed by atoms with Crippen molar-refractivity contribution in [2.24, 2.45) is 0 Å². The Morgan fingerprint density at radius 2 is 1.89 bits per heavy atom. The van der Waals surface area contributed by atoms with Gasteiger partial charge in [0.1, 0.15) is 6.54 Å². The Hall–Kier alpha value is -2.49. The SMILES string of the molecule is Cc1ccc(S(=O)(=O)N(C)CC(=O)O[C@H](C)C(=O)Nc2cccnc2Cl)cc1. The molecule has 0 aliphatic carbocycles. The molecular formula is C18H20ClN3O5S. The normalized spacial score (nSPS) is 12.5. The van der Waals surface area contributed by atoms with Gasteiger partial charge in [0.05, 0.1) is 10.6 Å². The third kappa shape index (κ3) is 5.51. The molecule has 0 radical (unpaired) electrons. The third-order valence-corrected chi connectivity index (χ3v) is 5.89. The zero-order valence-electron chi connectivity index (χ0n) is 15.5. The third-order valence-electron chi connectivity index (χ3n) is 3.78. The van der Waals surface area contributed by atoms with Gasteiger partial charge in [0.15, 0.2) is 11.3 Å². The summed E-state index contributed by atoms with van der Waals surface area (Å²) in [5.74, 6) is -1.48. The number of aryl methyl sites for hydroxylation is 1. The minimum absolute atomic E-state index is 0.0606. The van der Waals surface area contributed by atoms with Crippen molar-refractivity contribution in [1.82, 2.24) is 9.29 Å². The van der Waals surface area contributed by atoms with E-state index >= 15 is 0 Å². The van der Waals surface area contributed by atoms with Gasteiger partial charge >= 0.3 is 5.97 Å². The van der Waals surface area contributed by atoms with Crippen LogP contribution in [0.4, 0.5) is 5.69 Å². The number of likely N-dealkylation sites (N-methyl/N-ethyl adjacent to an activating group) is 1. The Bertz CT molecular complexity index is 963. The number of nitrogens with one attached hydrogen (secondary N) is 1. The van der Waals surface area contributed by atoms with E-state index in [0.29, 0.717) is 0 Å². The number of nitrogens with zero attached hydrogens (tertiary/aromatic N) is 2. The summed E-state index contributed by atoms with van der Waals surface area (Å²) in [4.78, 5) is 28.1. The Balaban J connectivity index is 1.95. The van der Waals surface area contributed by atoms with E-state index in [4.69, 9.17) is 16.3 Å². The molecule has 0 unspecified atom stereocenters. The summed E-state index contributed by atoms with van der Waals surface area (Å²) >= 11 is 5.86. The van der Waals surface area contributed by atoms with Gasteiger partial charge in [-0.15, -0.1) is 0 Å². The minimum atomic E-state index is -3.85. The lowest BCUT2D eigenvalue weighted by Gasteiger charge is -2.18. The highest BCUT2D eigenvalue weighted by atomic mass is 35.5. The highest BCUT2D eigenvalue weighted by molar-refractivity contribution is 7.89. The van der Waals surface area contributed by atoms with Crippen LogP contribution in [0.1, 0.15) is 12.5 Å². The molecular weight excluding hydrogens is 406 g/mol. The van der Waals surface area contributed by atoms with Crippen LogP contribution in [-0.2, 0) is 24.3 Å². The number of halogens is 1. The maximum absolute atomic E-state index is 12.5. The summed E-state index contributed by atoms with van der Waals surface area (Å²) in [6.07, 6.45) is 0.311. The molecule has 2 aromatic rings.